The van der Waals surface area contributed by atoms with Crippen LogP contribution in [0, 0.1) is 0 Å². The van der Waals surface area contributed by atoms with Gasteiger partial charge in [0.25, 0.3) is 0 Å². The topological polar surface area (TPSA) is 109 Å². The van der Waals surface area contributed by atoms with Gasteiger partial charge in [0.05, 0.1) is 6.54 Å². The fourth-order valence-corrected chi connectivity index (χ4v) is 2.01. The first-order valence-electron chi connectivity index (χ1n) is 6.40. The smallest absolute Gasteiger partial charge is 0.247 e. The summed E-state index contributed by atoms with van der Waals surface area (Å²) in [6, 6.07) is 6.65. The molecule has 8 heteroatoms. The van der Waals surface area contributed by atoms with E-state index in [0.717, 1.165) is 5.56 Å². The lowest BCUT2D eigenvalue weighted by molar-refractivity contribution is -0.124. The number of nitrogens with zero attached hydrogens (tertiary/aromatic N) is 2. The second kappa shape index (κ2) is 5.71. The molecule has 1 saturated heterocycles. The number of nitrogens with one attached hydrogen (secondary N) is 3. The zero-order valence-electron chi connectivity index (χ0n) is 11.0. The summed E-state index contributed by atoms with van der Waals surface area (Å²) in [6.07, 6.45) is 1.25. The Morgan fingerprint density at radius 1 is 1.43 bits per heavy atom. The molecule has 1 aliphatic rings. The highest BCUT2D eigenvalue weighted by molar-refractivity contribution is 5.96. The molecule has 0 spiro atoms. The molecule has 1 aromatic carbocycles. The molecule has 3 N–H and O–H groups in total. The van der Waals surface area contributed by atoms with Crippen molar-refractivity contribution < 1.29 is 14.0 Å². The van der Waals surface area contributed by atoms with Gasteiger partial charge >= 0.3 is 0 Å². The lowest BCUT2D eigenvalue weighted by Crippen LogP contribution is -2.56. The van der Waals surface area contributed by atoms with Crippen molar-refractivity contribution in [2.24, 2.45) is 0 Å². The number of hydrogen-bond donors (Lipinski definition) is 3. The van der Waals surface area contributed by atoms with Gasteiger partial charge in [0.15, 0.2) is 0 Å². The minimum atomic E-state index is -0.449. The Labute approximate surface area is 119 Å². The predicted octanol–water partition coefficient (Wildman–Crippen LogP) is -0.237. The van der Waals surface area contributed by atoms with Crippen molar-refractivity contribution >= 4 is 17.5 Å². The van der Waals surface area contributed by atoms with Crippen LogP contribution in [0.25, 0.3) is 11.5 Å². The molecular formula is C13H13N5O3. The molecule has 0 saturated carbocycles. The highest BCUT2D eigenvalue weighted by Crippen LogP contribution is 2.20. The van der Waals surface area contributed by atoms with Gasteiger partial charge in [-0.05, 0) is 18.2 Å². The van der Waals surface area contributed by atoms with Gasteiger partial charge in [-0.1, -0.05) is 6.07 Å². The fourth-order valence-electron chi connectivity index (χ4n) is 2.01. The number of amides is 2. The molecule has 1 unspecified atom stereocenters. The molecule has 1 aliphatic heterocycles. The number of carbonyl (C=O) groups is 2. The number of piperazine rings is 1. The molecule has 1 fully saturated rings. The molecule has 108 valence electrons. The van der Waals surface area contributed by atoms with Crippen LogP contribution in [-0.2, 0) is 9.59 Å². The molecule has 0 bridgehead atoms. The van der Waals surface area contributed by atoms with E-state index in [9.17, 15) is 9.59 Å². The summed E-state index contributed by atoms with van der Waals surface area (Å²) in [4.78, 5) is 23.1. The average Bonchev–Trinajstić information content (AvgIpc) is 3.02. The van der Waals surface area contributed by atoms with E-state index in [0.29, 0.717) is 11.6 Å². The third-order valence-electron chi connectivity index (χ3n) is 3.07. The summed E-state index contributed by atoms with van der Waals surface area (Å²) in [5, 5.41) is 15.7. The summed E-state index contributed by atoms with van der Waals surface area (Å²) >= 11 is 0. The Morgan fingerprint density at radius 2 is 2.33 bits per heavy atom. The van der Waals surface area contributed by atoms with Crippen LogP contribution < -0.4 is 16.0 Å². The minimum Gasteiger partial charge on any atom is -0.423 e. The summed E-state index contributed by atoms with van der Waals surface area (Å²) in [5.74, 6) is 0.0595. The lowest BCUT2D eigenvalue weighted by atomic mass is 10.1. The number of aromatic nitrogens is 2. The number of hydrogen-bond acceptors (Lipinski definition) is 6. The minimum absolute atomic E-state index is 0.113. The zero-order valence-corrected chi connectivity index (χ0v) is 11.0. The van der Waals surface area contributed by atoms with Gasteiger partial charge < -0.3 is 15.1 Å². The molecular weight excluding hydrogens is 274 g/mol. The molecule has 0 aliphatic carbocycles. The standard InChI is InChI=1S/C13H13N5O3/c19-11-6-14-10(5-15-11)12(20)17-9-3-1-2-8(4-9)13-18-16-7-21-13/h1-4,7,10,14H,5-6H2,(H,15,19)(H,17,20). The largest absolute Gasteiger partial charge is 0.423 e. The van der Waals surface area contributed by atoms with Crippen molar-refractivity contribution in [1.29, 1.82) is 0 Å². The molecule has 1 atom stereocenters. The van der Waals surface area contributed by atoms with E-state index in [1.807, 2.05) is 6.07 Å². The van der Waals surface area contributed by atoms with Gasteiger partial charge in [0.1, 0.15) is 6.04 Å². The third-order valence-corrected chi connectivity index (χ3v) is 3.07. The Kier molecular flexibility index (Phi) is 3.61. The lowest BCUT2D eigenvalue weighted by Gasteiger charge is -2.23. The molecule has 2 amide bonds. The van der Waals surface area contributed by atoms with E-state index in [2.05, 4.69) is 26.1 Å². The van der Waals surface area contributed by atoms with Crippen LogP contribution in [0.2, 0.25) is 0 Å². The van der Waals surface area contributed by atoms with Crippen molar-refractivity contribution in [3.8, 4) is 11.5 Å². The van der Waals surface area contributed by atoms with Crippen molar-refractivity contribution in [2.45, 2.75) is 6.04 Å². The Balaban J connectivity index is 1.69. The number of benzene rings is 1. The van der Waals surface area contributed by atoms with Gasteiger partial charge in [0.2, 0.25) is 24.1 Å². The predicted molar refractivity (Wildman–Crippen MR) is 73.2 cm³/mol. The molecule has 2 aromatic rings. The Hall–Kier alpha value is -2.74. The summed E-state index contributed by atoms with van der Waals surface area (Å²) in [5.41, 5.74) is 1.34. The van der Waals surface area contributed by atoms with Crippen LogP contribution in [0.1, 0.15) is 0 Å². The normalized spacial score (nSPS) is 18.1. The van der Waals surface area contributed by atoms with Crippen LogP contribution in [0.4, 0.5) is 5.69 Å². The van der Waals surface area contributed by atoms with Gasteiger partial charge in [-0.25, -0.2) is 0 Å². The maximum absolute atomic E-state index is 12.1. The summed E-state index contributed by atoms with van der Waals surface area (Å²) in [7, 11) is 0. The maximum atomic E-state index is 12.1. The highest BCUT2D eigenvalue weighted by Gasteiger charge is 2.23. The first-order chi connectivity index (χ1) is 10.2. The molecule has 21 heavy (non-hydrogen) atoms. The van der Waals surface area contributed by atoms with Gasteiger partial charge in [-0.3, -0.25) is 14.9 Å². The zero-order chi connectivity index (χ0) is 14.7. The maximum Gasteiger partial charge on any atom is 0.247 e. The quantitative estimate of drug-likeness (QED) is 0.719. The monoisotopic (exact) mass is 287 g/mol. The molecule has 1 aromatic heterocycles. The highest BCUT2D eigenvalue weighted by atomic mass is 16.4. The molecule has 3 rings (SSSR count). The van der Waals surface area contributed by atoms with Gasteiger partial charge in [-0.15, -0.1) is 10.2 Å². The second-order valence-electron chi connectivity index (χ2n) is 4.55. The van der Waals surface area contributed by atoms with Crippen LogP contribution in [0.15, 0.2) is 35.1 Å². The SMILES string of the molecule is O=C1CNC(C(=O)Nc2cccc(-c3nnco3)c2)CN1. The molecule has 0 radical (unpaired) electrons. The Bertz CT molecular complexity index is 646. The summed E-state index contributed by atoms with van der Waals surface area (Å²) in [6.45, 7) is 0.411. The first-order valence-corrected chi connectivity index (χ1v) is 6.40. The van der Waals surface area contributed by atoms with E-state index in [1.54, 1.807) is 18.2 Å². The fraction of sp³-hybridized carbons (Fsp3) is 0.231. The van der Waals surface area contributed by atoms with E-state index >= 15 is 0 Å². The van der Waals surface area contributed by atoms with Crippen molar-refractivity contribution in [1.82, 2.24) is 20.8 Å². The van der Waals surface area contributed by atoms with E-state index in [1.165, 1.54) is 6.39 Å². The van der Waals surface area contributed by atoms with Crippen molar-refractivity contribution in [3.63, 3.8) is 0 Å². The van der Waals surface area contributed by atoms with Crippen LogP contribution >= 0.6 is 0 Å². The molecule has 8 nitrogen and oxygen atoms in total. The summed E-state index contributed by atoms with van der Waals surface area (Å²) < 4.78 is 5.11. The van der Waals surface area contributed by atoms with E-state index < -0.39 is 6.04 Å². The number of anilines is 1. The number of carbonyl (C=O) groups excluding carboxylic acids is 2. The van der Waals surface area contributed by atoms with Crippen LogP contribution in [-0.4, -0.2) is 41.1 Å². The van der Waals surface area contributed by atoms with Gasteiger partial charge in [0, 0.05) is 17.8 Å². The van der Waals surface area contributed by atoms with E-state index in [4.69, 9.17) is 4.42 Å². The second-order valence-corrected chi connectivity index (χ2v) is 4.55. The molecule has 2 heterocycles. The third kappa shape index (κ3) is 3.06. The van der Waals surface area contributed by atoms with Gasteiger partial charge in [-0.2, -0.15) is 0 Å². The Morgan fingerprint density at radius 3 is 3.05 bits per heavy atom. The average molecular weight is 287 g/mol. The van der Waals surface area contributed by atoms with E-state index in [-0.39, 0.29) is 24.9 Å². The van der Waals surface area contributed by atoms with Crippen LogP contribution in [0.5, 0.6) is 0 Å². The van der Waals surface area contributed by atoms with Crippen molar-refractivity contribution in [3.05, 3.63) is 30.7 Å². The van der Waals surface area contributed by atoms with Crippen molar-refractivity contribution in [2.75, 3.05) is 18.4 Å². The number of rotatable bonds is 3. The van der Waals surface area contributed by atoms with Crippen LogP contribution in [0.3, 0.4) is 0 Å². The first kappa shape index (κ1) is 13.3.